The van der Waals surface area contributed by atoms with E-state index in [1.165, 1.54) is 7.11 Å². The third-order valence-corrected chi connectivity index (χ3v) is 4.43. The van der Waals surface area contributed by atoms with Crippen LogP contribution in [0, 0.1) is 6.92 Å². The van der Waals surface area contributed by atoms with Gasteiger partial charge in [-0.25, -0.2) is 4.79 Å². The molecule has 0 aliphatic carbocycles. The van der Waals surface area contributed by atoms with Crippen molar-refractivity contribution in [2.24, 2.45) is 0 Å². The van der Waals surface area contributed by atoms with Crippen molar-refractivity contribution in [1.29, 1.82) is 0 Å². The first-order valence-corrected chi connectivity index (χ1v) is 9.39. The van der Waals surface area contributed by atoms with Crippen LogP contribution in [-0.2, 0) is 20.7 Å². The van der Waals surface area contributed by atoms with Crippen LogP contribution in [-0.4, -0.2) is 49.9 Å². The Hall–Kier alpha value is -3.19. The van der Waals surface area contributed by atoms with Gasteiger partial charge in [-0.05, 0) is 49.7 Å². The molecule has 29 heavy (non-hydrogen) atoms. The predicted molar refractivity (Wildman–Crippen MR) is 113 cm³/mol. The van der Waals surface area contributed by atoms with Gasteiger partial charge in [-0.2, -0.15) is 0 Å². The minimum absolute atomic E-state index is 0.0325. The second-order valence-electron chi connectivity index (χ2n) is 6.80. The van der Waals surface area contributed by atoms with E-state index in [0.717, 1.165) is 23.2 Å². The highest BCUT2D eigenvalue weighted by atomic mass is 16.5. The zero-order valence-corrected chi connectivity index (χ0v) is 17.2. The molecule has 0 saturated carbocycles. The van der Waals surface area contributed by atoms with Crippen molar-refractivity contribution in [2.45, 2.75) is 20.3 Å². The Morgan fingerprint density at radius 3 is 2.21 bits per heavy atom. The number of nitrogens with one attached hydrogen (secondary N) is 2. The molecule has 2 aromatic carbocycles. The van der Waals surface area contributed by atoms with E-state index in [4.69, 9.17) is 4.74 Å². The number of benzene rings is 2. The highest BCUT2D eigenvalue weighted by Gasteiger charge is 2.14. The van der Waals surface area contributed by atoms with Crippen molar-refractivity contribution in [3.63, 3.8) is 0 Å². The highest BCUT2D eigenvalue weighted by Crippen LogP contribution is 2.18. The third-order valence-electron chi connectivity index (χ3n) is 4.43. The van der Waals surface area contributed by atoms with Crippen molar-refractivity contribution in [1.82, 2.24) is 4.90 Å². The number of hydrogen-bond donors (Lipinski definition) is 2. The molecule has 0 aromatic heterocycles. The Bertz CT molecular complexity index is 895. The maximum atomic E-state index is 12.4. The molecule has 154 valence electrons. The standard InChI is InChI=1S/C22H27N3O4/c1-5-16-8-6-7-9-18(16)23-20(26)13-25(3)14-21(27)24-19-12-17(22(28)29-4)11-10-15(19)2/h6-12H,5,13-14H2,1-4H3,(H,23,26)(H,24,27). The number of anilines is 2. The molecule has 7 heteroatoms. The lowest BCUT2D eigenvalue weighted by molar-refractivity contribution is -0.119. The number of rotatable bonds is 8. The fraction of sp³-hybridized carbons (Fsp3) is 0.318. The Labute approximate surface area is 171 Å². The summed E-state index contributed by atoms with van der Waals surface area (Å²) in [5.74, 6) is -0.939. The smallest absolute Gasteiger partial charge is 0.337 e. The molecule has 2 rings (SSSR count). The molecule has 0 fully saturated rings. The molecular weight excluding hydrogens is 370 g/mol. The van der Waals surface area contributed by atoms with Gasteiger partial charge in [-0.15, -0.1) is 0 Å². The highest BCUT2D eigenvalue weighted by molar-refractivity contribution is 5.97. The van der Waals surface area contributed by atoms with Crippen LogP contribution in [0.1, 0.15) is 28.4 Å². The van der Waals surface area contributed by atoms with Gasteiger partial charge in [0, 0.05) is 11.4 Å². The van der Waals surface area contributed by atoms with Gasteiger partial charge in [-0.1, -0.05) is 31.2 Å². The lowest BCUT2D eigenvalue weighted by Crippen LogP contribution is -2.36. The SMILES string of the molecule is CCc1ccccc1NC(=O)CN(C)CC(=O)Nc1cc(C(=O)OC)ccc1C. The van der Waals surface area contributed by atoms with Crippen molar-refractivity contribution in [2.75, 3.05) is 37.9 Å². The molecule has 0 bridgehead atoms. The summed E-state index contributed by atoms with van der Waals surface area (Å²) < 4.78 is 4.71. The predicted octanol–water partition coefficient (Wildman–Crippen LogP) is 2.85. The molecule has 7 nitrogen and oxygen atoms in total. The lowest BCUT2D eigenvalue weighted by Gasteiger charge is -2.17. The molecule has 0 atom stereocenters. The summed E-state index contributed by atoms with van der Waals surface area (Å²) in [6.07, 6.45) is 0.818. The maximum Gasteiger partial charge on any atom is 0.337 e. The molecule has 2 amide bonds. The minimum atomic E-state index is -0.471. The molecule has 0 aliphatic heterocycles. The largest absolute Gasteiger partial charge is 0.465 e. The molecule has 0 heterocycles. The monoisotopic (exact) mass is 397 g/mol. The van der Waals surface area contributed by atoms with E-state index >= 15 is 0 Å². The van der Waals surface area contributed by atoms with E-state index < -0.39 is 5.97 Å². The first-order valence-electron chi connectivity index (χ1n) is 9.39. The average molecular weight is 397 g/mol. The number of esters is 1. The minimum Gasteiger partial charge on any atom is -0.465 e. The van der Waals surface area contributed by atoms with E-state index in [0.29, 0.717) is 11.3 Å². The fourth-order valence-electron chi connectivity index (χ4n) is 2.88. The van der Waals surface area contributed by atoms with Crippen molar-refractivity contribution in [3.05, 3.63) is 59.2 Å². The number of methoxy groups -OCH3 is 1. The van der Waals surface area contributed by atoms with Gasteiger partial charge in [0.25, 0.3) is 0 Å². The normalized spacial score (nSPS) is 10.5. The van der Waals surface area contributed by atoms with E-state index in [1.54, 1.807) is 30.1 Å². The summed E-state index contributed by atoms with van der Waals surface area (Å²) in [7, 11) is 3.00. The van der Waals surface area contributed by atoms with Crippen molar-refractivity contribution in [3.8, 4) is 0 Å². The third kappa shape index (κ3) is 6.43. The number of amides is 2. The van der Waals surface area contributed by atoms with Gasteiger partial charge in [0.2, 0.25) is 11.8 Å². The van der Waals surface area contributed by atoms with Crippen molar-refractivity contribution >= 4 is 29.2 Å². The van der Waals surface area contributed by atoms with E-state index in [1.807, 2.05) is 38.1 Å². The van der Waals surface area contributed by atoms with E-state index in [2.05, 4.69) is 10.6 Å². The summed E-state index contributed by atoms with van der Waals surface area (Å²) in [6.45, 7) is 3.97. The summed E-state index contributed by atoms with van der Waals surface area (Å²) >= 11 is 0. The Morgan fingerprint density at radius 2 is 1.59 bits per heavy atom. The first-order chi connectivity index (χ1) is 13.8. The van der Waals surface area contributed by atoms with Crippen molar-refractivity contribution < 1.29 is 19.1 Å². The number of likely N-dealkylation sites (N-methyl/N-ethyl adjacent to an activating group) is 1. The Balaban J connectivity index is 1.92. The molecule has 0 radical (unpaired) electrons. The van der Waals surface area contributed by atoms with Crippen LogP contribution < -0.4 is 10.6 Å². The van der Waals surface area contributed by atoms with E-state index in [-0.39, 0.29) is 24.9 Å². The summed E-state index contributed by atoms with van der Waals surface area (Å²) in [5.41, 5.74) is 3.56. The number of carbonyl (C=O) groups excluding carboxylic acids is 3. The molecule has 2 aromatic rings. The quantitative estimate of drug-likeness (QED) is 0.669. The van der Waals surface area contributed by atoms with Crippen LogP contribution in [0.5, 0.6) is 0 Å². The first kappa shape index (κ1) is 22.1. The maximum absolute atomic E-state index is 12.4. The van der Waals surface area contributed by atoms with E-state index in [9.17, 15) is 14.4 Å². The Kier molecular flexibility index (Phi) is 7.91. The van der Waals surface area contributed by atoms with Crippen LogP contribution in [0.4, 0.5) is 11.4 Å². The van der Waals surface area contributed by atoms with Gasteiger partial charge in [0.15, 0.2) is 0 Å². The molecule has 0 spiro atoms. The van der Waals surface area contributed by atoms with Crippen LogP contribution in [0.15, 0.2) is 42.5 Å². The van der Waals surface area contributed by atoms with Gasteiger partial charge < -0.3 is 15.4 Å². The summed E-state index contributed by atoms with van der Waals surface area (Å²) in [5, 5.41) is 5.67. The fourth-order valence-corrected chi connectivity index (χ4v) is 2.88. The average Bonchev–Trinajstić information content (AvgIpc) is 2.69. The second-order valence-corrected chi connectivity index (χ2v) is 6.80. The number of carbonyl (C=O) groups is 3. The number of nitrogens with zero attached hydrogens (tertiary/aromatic N) is 1. The van der Waals surface area contributed by atoms with Crippen LogP contribution >= 0.6 is 0 Å². The second kappa shape index (κ2) is 10.4. The number of hydrogen-bond acceptors (Lipinski definition) is 5. The summed E-state index contributed by atoms with van der Waals surface area (Å²) in [4.78, 5) is 38.0. The Morgan fingerprint density at radius 1 is 0.966 bits per heavy atom. The molecule has 0 saturated heterocycles. The van der Waals surface area contributed by atoms with Gasteiger partial charge in [-0.3, -0.25) is 14.5 Å². The van der Waals surface area contributed by atoms with Gasteiger partial charge in [0.1, 0.15) is 0 Å². The molecule has 0 unspecified atom stereocenters. The zero-order valence-electron chi connectivity index (χ0n) is 17.2. The molecular formula is C22H27N3O4. The number of ether oxygens (including phenoxy) is 1. The number of aryl methyl sites for hydroxylation is 2. The zero-order chi connectivity index (χ0) is 21.4. The van der Waals surface area contributed by atoms with Gasteiger partial charge in [0.05, 0.1) is 25.8 Å². The van der Waals surface area contributed by atoms with Crippen LogP contribution in [0.25, 0.3) is 0 Å². The summed E-state index contributed by atoms with van der Waals surface area (Å²) in [6, 6.07) is 12.6. The van der Waals surface area contributed by atoms with Crippen LogP contribution in [0.2, 0.25) is 0 Å². The van der Waals surface area contributed by atoms with Gasteiger partial charge >= 0.3 is 5.97 Å². The van der Waals surface area contributed by atoms with Crippen LogP contribution in [0.3, 0.4) is 0 Å². The topological polar surface area (TPSA) is 87.7 Å². The number of para-hydroxylation sites is 1. The molecule has 2 N–H and O–H groups in total. The lowest BCUT2D eigenvalue weighted by atomic mass is 10.1. The molecule has 0 aliphatic rings.